The molecule has 6 heteroatoms. The minimum atomic E-state index is -3.29. The van der Waals surface area contributed by atoms with Crippen molar-refractivity contribution in [1.82, 2.24) is 9.62 Å². The second-order valence-corrected chi connectivity index (χ2v) is 9.36. The molecule has 0 saturated heterocycles. The summed E-state index contributed by atoms with van der Waals surface area (Å²) in [6.45, 7) is 3.56. The van der Waals surface area contributed by atoms with E-state index in [1.54, 1.807) is 10.4 Å². The molecule has 1 aromatic rings. The maximum absolute atomic E-state index is 12.8. The van der Waals surface area contributed by atoms with Gasteiger partial charge in [-0.15, -0.1) is 11.3 Å². The molecule has 2 saturated carbocycles. The zero-order chi connectivity index (χ0) is 14.9. The number of nitrogens with one attached hydrogen (secondary N) is 1. The average molecular weight is 329 g/mol. The van der Waals surface area contributed by atoms with Crippen molar-refractivity contribution in [2.45, 2.75) is 68.3 Å². The highest BCUT2D eigenvalue weighted by molar-refractivity contribution is 7.91. The van der Waals surface area contributed by atoms with E-state index < -0.39 is 10.0 Å². The van der Waals surface area contributed by atoms with Crippen molar-refractivity contribution >= 4 is 21.4 Å². The number of thiophene rings is 1. The Morgan fingerprint density at radius 2 is 2.05 bits per heavy atom. The molecule has 118 valence electrons. The Balaban J connectivity index is 1.69. The van der Waals surface area contributed by atoms with E-state index in [1.807, 2.05) is 6.07 Å². The summed E-state index contributed by atoms with van der Waals surface area (Å²) >= 11 is 1.42. The van der Waals surface area contributed by atoms with Gasteiger partial charge in [0.25, 0.3) is 10.0 Å². The first-order valence-electron chi connectivity index (χ1n) is 7.95. The van der Waals surface area contributed by atoms with Crippen LogP contribution in [0.4, 0.5) is 0 Å². The quantitative estimate of drug-likeness (QED) is 0.758. The summed E-state index contributed by atoms with van der Waals surface area (Å²) < 4.78 is 27.8. The Labute approximate surface area is 131 Å². The Morgan fingerprint density at radius 3 is 2.67 bits per heavy atom. The molecule has 2 fully saturated rings. The highest BCUT2D eigenvalue weighted by Crippen LogP contribution is 2.34. The van der Waals surface area contributed by atoms with E-state index in [2.05, 4.69) is 12.2 Å². The van der Waals surface area contributed by atoms with Crippen molar-refractivity contribution in [3.63, 3.8) is 0 Å². The monoisotopic (exact) mass is 328 g/mol. The van der Waals surface area contributed by atoms with Crippen molar-refractivity contribution < 1.29 is 8.42 Å². The van der Waals surface area contributed by atoms with E-state index in [4.69, 9.17) is 0 Å². The van der Waals surface area contributed by atoms with Crippen LogP contribution in [-0.2, 0) is 16.6 Å². The van der Waals surface area contributed by atoms with Crippen LogP contribution in [0, 0.1) is 0 Å². The van der Waals surface area contributed by atoms with Crippen LogP contribution in [0.15, 0.2) is 16.3 Å². The molecule has 0 aromatic carbocycles. The summed E-state index contributed by atoms with van der Waals surface area (Å²) in [5.41, 5.74) is 0. The predicted molar refractivity (Wildman–Crippen MR) is 86.0 cm³/mol. The molecule has 2 aliphatic rings. The molecule has 3 rings (SSSR count). The first kappa shape index (κ1) is 15.5. The molecule has 1 heterocycles. The number of rotatable bonds is 9. The van der Waals surface area contributed by atoms with Gasteiger partial charge in [-0.1, -0.05) is 13.3 Å². The molecular formula is C15H24N2O2S2. The normalized spacial score (nSPS) is 19.3. The van der Waals surface area contributed by atoms with Gasteiger partial charge in [0.2, 0.25) is 0 Å². The van der Waals surface area contributed by atoms with Crippen molar-refractivity contribution in [3.8, 4) is 0 Å². The fourth-order valence-corrected chi connectivity index (χ4v) is 5.57. The van der Waals surface area contributed by atoms with Gasteiger partial charge in [-0.3, -0.25) is 0 Å². The maximum Gasteiger partial charge on any atom is 0.252 e. The second kappa shape index (κ2) is 6.36. The fraction of sp³-hybridized carbons (Fsp3) is 0.733. The molecule has 1 aromatic heterocycles. The smallest absolute Gasteiger partial charge is 0.252 e. The number of unbranched alkanes of at least 4 members (excludes halogenated alkanes) is 1. The van der Waals surface area contributed by atoms with Crippen LogP contribution >= 0.6 is 11.3 Å². The third-order valence-corrected chi connectivity index (χ3v) is 7.53. The van der Waals surface area contributed by atoms with Gasteiger partial charge < -0.3 is 5.32 Å². The fourth-order valence-electron chi connectivity index (χ4n) is 2.42. The van der Waals surface area contributed by atoms with E-state index >= 15 is 0 Å². The van der Waals surface area contributed by atoms with Crippen LogP contribution in [0.2, 0.25) is 0 Å². The first-order valence-corrected chi connectivity index (χ1v) is 10.2. The topological polar surface area (TPSA) is 49.4 Å². The summed E-state index contributed by atoms with van der Waals surface area (Å²) in [5.74, 6) is 0. The van der Waals surface area contributed by atoms with E-state index in [0.29, 0.717) is 16.8 Å². The lowest BCUT2D eigenvalue weighted by Crippen LogP contribution is -2.33. The van der Waals surface area contributed by atoms with Gasteiger partial charge in [0, 0.05) is 30.1 Å². The highest BCUT2D eigenvalue weighted by Gasteiger charge is 2.38. The molecule has 1 N–H and O–H groups in total. The largest absolute Gasteiger partial charge is 0.309 e. The molecule has 0 bridgehead atoms. The van der Waals surface area contributed by atoms with Gasteiger partial charge in [0.05, 0.1) is 0 Å². The highest BCUT2D eigenvalue weighted by atomic mass is 32.2. The lowest BCUT2D eigenvalue weighted by molar-refractivity contribution is 0.397. The number of sulfonamides is 1. The average Bonchev–Trinajstić information content (AvgIpc) is 3.37. The molecule has 21 heavy (non-hydrogen) atoms. The number of hydrogen-bond acceptors (Lipinski definition) is 4. The Bertz CT molecular complexity index is 574. The Morgan fingerprint density at radius 1 is 1.29 bits per heavy atom. The molecule has 0 amide bonds. The van der Waals surface area contributed by atoms with E-state index in [0.717, 1.165) is 37.1 Å². The van der Waals surface area contributed by atoms with Crippen molar-refractivity contribution in [2.24, 2.45) is 0 Å². The van der Waals surface area contributed by atoms with E-state index in [9.17, 15) is 8.42 Å². The zero-order valence-electron chi connectivity index (χ0n) is 12.5. The Kier molecular flexibility index (Phi) is 4.69. The van der Waals surface area contributed by atoms with Crippen LogP contribution in [0.1, 0.15) is 50.3 Å². The van der Waals surface area contributed by atoms with Crippen LogP contribution in [0.25, 0.3) is 0 Å². The third kappa shape index (κ3) is 3.86. The van der Waals surface area contributed by atoms with Gasteiger partial charge in [-0.05, 0) is 44.2 Å². The molecule has 0 spiro atoms. The molecule has 0 radical (unpaired) electrons. The SMILES string of the molecule is CCCCN(C1CC1)S(=O)(=O)c1ccc(CNC2CC2)s1. The summed E-state index contributed by atoms with van der Waals surface area (Å²) in [6, 6.07) is 4.64. The van der Waals surface area contributed by atoms with E-state index in [1.165, 1.54) is 24.2 Å². The maximum atomic E-state index is 12.8. The lowest BCUT2D eigenvalue weighted by atomic mass is 10.3. The van der Waals surface area contributed by atoms with E-state index in [-0.39, 0.29) is 6.04 Å². The minimum absolute atomic E-state index is 0.247. The molecule has 2 aliphatic carbocycles. The van der Waals surface area contributed by atoms with Gasteiger partial charge in [-0.25, -0.2) is 8.42 Å². The summed E-state index contributed by atoms with van der Waals surface area (Å²) in [5, 5.41) is 3.44. The summed E-state index contributed by atoms with van der Waals surface area (Å²) in [7, 11) is -3.29. The van der Waals surface area contributed by atoms with Crippen LogP contribution in [-0.4, -0.2) is 31.4 Å². The Hall–Kier alpha value is -0.430. The summed E-state index contributed by atoms with van der Waals surface area (Å²) in [6.07, 6.45) is 6.51. The third-order valence-electron chi connectivity index (χ3n) is 4.03. The van der Waals surface area contributed by atoms with Crippen molar-refractivity contribution in [1.29, 1.82) is 0 Å². The van der Waals surface area contributed by atoms with Crippen LogP contribution in [0.5, 0.6) is 0 Å². The molecule has 0 unspecified atom stereocenters. The van der Waals surface area contributed by atoms with Crippen LogP contribution in [0.3, 0.4) is 0 Å². The van der Waals surface area contributed by atoms with Crippen molar-refractivity contribution in [2.75, 3.05) is 6.54 Å². The molecule has 4 nitrogen and oxygen atoms in total. The second-order valence-electron chi connectivity index (χ2n) is 6.08. The lowest BCUT2D eigenvalue weighted by Gasteiger charge is -2.20. The first-order chi connectivity index (χ1) is 10.1. The zero-order valence-corrected chi connectivity index (χ0v) is 14.2. The minimum Gasteiger partial charge on any atom is -0.309 e. The van der Waals surface area contributed by atoms with Gasteiger partial charge in [0.15, 0.2) is 0 Å². The van der Waals surface area contributed by atoms with Gasteiger partial charge in [0.1, 0.15) is 4.21 Å². The van der Waals surface area contributed by atoms with Crippen LogP contribution < -0.4 is 5.32 Å². The molecule has 0 atom stereocenters. The number of hydrogen-bond donors (Lipinski definition) is 1. The number of nitrogens with zero attached hydrogens (tertiary/aromatic N) is 1. The predicted octanol–water partition coefficient (Wildman–Crippen LogP) is 2.95. The van der Waals surface area contributed by atoms with Gasteiger partial charge >= 0.3 is 0 Å². The van der Waals surface area contributed by atoms with Crippen molar-refractivity contribution in [3.05, 3.63) is 17.0 Å². The standard InChI is InChI=1S/C15H24N2O2S2/c1-2-3-10-17(13-6-7-13)21(18,19)15-9-8-14(20-15)11-16-12-4-5-12/h8-9,12-13,16H,2-7,10-11H2,1H3. The molecule has 0 aliphatic heterocycles. The molecular weight excluding hydrogens is 304 g/mol. The summed E-state index contributed by atoms with van der Waals surface area (Å²) in [4.78, 5) is 1.12. The van der Waals surface area contributed by atoms with Gasteiger partial charge in [-0.2, -0.15) is 4.31 Å².